The lowest BCUT2D eigenvalue weighted by Gasteiger charge is -2.18. The van der Waals surface area contributed by atoms with E-state index in [1.54, 1.807) is 18.2 Å². The fourth-order valence-electron chi connectivity index (χ4n) is 2.63. The van der Waals surface area contributed by atoms with Crippen LogP contribution in [0.5, 0.6) is 0 Å². The van der Waals surface area contributed by atoms with Gasteiger partial charge in [0.15, 0.2) is 5.84 Å². The van der Waals surface area contributed by atoms with Gasteiger partial charge in [-0.2, -0.15) is 5.01 Å². The number of hydrogen-bond acceptors (Lipinski definition) is 4. The lowest BCUT2D eigenvalue weighted by molar-refractivity contribution is -0.108. The molecule has 1 fully saturated rings. The maximum atomic E-state index is 13.8. The summed E-state index contributed by atoms with van der Waals surface area (Å²) in [7, 11) is 0. The van der Waals surface area contributed by atoms with Crippen LogP contribution in [0.2, 0.25) is 0 Å². The standard InChI is InChI=1S/C14H12FN3O/c1-2-12(19)13-16-14-10(7-8-18(14)17-13)9-5-3-4-6-11(9)15/h1,3-6,10,14H,7-8H2,(H,16,17)/t10-,14?/m0/s1. The van der Waals surface area contributed by atoms with Gasteiger partial charge in [0.2, 0.25) is 0 Å². The summed E-state index contributed by atoms with van der Waals surface area (Å²) in [6, 6.07) is 6.67. The molecule has 0 radical (unpaired) electrons. The van der Waals surface area contributed by atoms with Gasteiger partial charge in [-0.15, -0.1) is 6.42 Å². The first-order chi connectivity index (χ1) is 9.20. The number of hydrogen-bond donors (Lipinski definition) is 1. The highest BCUT2D eigenvalue weighted by atomic mass is 19.1. The molecule has 1 aromatic rings. The molecule has 4 nitrogen and oxygen atoms in total. The maximum absolute atomic E-state index is 13.8. The van der Waals surface area contributed by atoms with Crippen LogP contribution in [0.25, 0.3) is 0 Å². The number of aliphatic imine (C=N–C) groups is 1. The first kappa shape index (κ1) is 11.9. The van der Waals surface area contributed by atoms with Gasteiger partial charge in [-0.25, -0.2) is 9.38 Å². The van der Waals surface area contributed by atoms with Crippen molar-refractivity contribution < 1.29 is 9.18 Å². The summed E-state index contributed by atoms with van der Waals surface area (Å²) in [5.41, 5.74) is 3.53. The van der Waals surface area contributed by atoms with Crippen molar-refractivity contribution >= 4 is 11.6 Å². The molecular formula is C14H12FN3O. The van der Waals surface area contributed by atoms with Gasteiger partial charge in [-0.1, -0.05) is 18.2 Å². The lowest BCUT2D eigenvalue weighted by atomic mass is 9.95. The Morgan fingerprint density at radius 2 is 2.32 bits per heavy atom. The van der Waals surface area contributed by atoms with Crippen LogP contribution >= 0.6 is 0 Å². The smallest absolute Gasteiger partial charge is 0.271 e. The van der Waals surface area contributed by atoms with Crippen LogP contribution < -0.4 is 5.43 Å². The van der Waals surface area contributed by atoms with Gasteiger partial charge in [0, 0.05) is 12.5 Å². The molecule has 2 aliphatic rings. The number of nitrogens with one attached hydrogen (secondary N) is 1. The Hall–Kier alpha value is -2.19. The van der Waals surface area contributed by atoms with E-state index in [0.717, 1.165) is 6.42 Å². The number of hydrazine groups is 1. The molecule has 1 unspecified atom stereocenters. The molecule has 96 valence electrons. The molecule has 19 heavy (non-hydrogen) atoms. The van der Waals surface area contributed by atoms with Crippen molar-refractivity contribution in [2.45, 2.75) is 18.5 Å². The Morgan fingerprint density at radius 3 is 3.05 bits per heavy atom. The van der Waals surface area contributed by atoms with Gasteiger partial charge in [0.25, 0.3) is 5.78 Å². The lowest BCUT2D eigenvalue weighted by Crippen LogP contribution is -2.40. The minimum absolute atomic E-state index is 0.0585. The molecule has 0 spiro atoms. The Kier molecular flexibility index (Phi) is 2.80. The molecule has 0 aromatic heterocycles. The SMILES string of the molecule is C#CC(=O)C1=NC2[C@H](c3ccccc3F)CCN2N1. The molecule has 2 heterocycles. The van der Waals surface area contributed by atoms with E-state index in [2.05, 4.69) is 10.4 Å². The fraction of sp³-hybridized carbons (Fsp3) is 0.286. The summed E-state index contributed by atoms with van der Waals surface area (Å²) >= 11 is 0. The molecule has 0 amide bonds. The normalized spacial score (nSPS) is 25.4. The minimum atomic E-state index is -0.471. The van der Waals surface area contributed by atoms with Crippen LogP contribution in [-0.2, 0) is 4.79 Å². The fourth-order valence-corrected chi connectivity index (χ4v) is 2.63. The zero-order valence-corrected chi connectivity index (χ0v) is 10.1. The molecule has 0 aliphatic carbocycles. The van der Waals surface area contributed by atoms with E-state index in [9.17, 15) is 9.18 Å². The van der Waals surface area contributed by atoms with Crippen LogP contribution in [0.15, 0.2) is 29.3 Å². The summed E-state index contributed by atoms with van der Waals surface area (Å²) < 4.78 is 13.8. The Labute approximate surface area is 110 Å². The largest absolute Gasteiger partial charge is 0.297 e. The number of rotatable bonds is 2. The second kappa shape index (κ2) is 4.48. The zero-order chi connectivity index (χ0) is 13.4. The number of halogens is 1. The first-order valence-corrected chi connectivity index (χ1v) is 6.07. The third-order valence-electron chi connectivity index (χ3n) is 3.52. The molecule has 1 N–H and O–H groups in total. The Bertz CT molecular complexity index is 605. The molecule has 3 rings (SSSR count). The van der Waals surface area contributed by atoms with Gasteiger partial charge in [0.05, 0.1) is 0 Å². The van der Waals surface area contributed by atoms with Crippen LogP contribution in [0, 0.1) is 18.2 Å². The van der Waals surface area contributed by atoms with Crippen molar-refractivity contribution in [1.82, 2.24) is 10.4 Å². The zero-order valence-electron chi connectivity index (χ0n) is 10.1. The van der Waals surface area contributed by atoms with Crippen molar-refractivity contribution in [2.24, 2.45) is 4.99 Å². The molecule has 0 saturated carbocycles. The monoisotopic (exact) mass is 257 g/mol. The van der Waals surface area contributed by atoms with E-state index in [1.165, 1.54) is 6.07 Å². The minimum Gasteiger partial charge on any atom is -0.297 e. The molecule has 5 heteroatoms. The quantitative estimate of drug-likeness (QED) is 0.636. The third-order valence-corrected chi connectivity index (χ3v) is 3.52. The number of amidine groups is 1. The van der Waals surface area contributed by atoms with E-state index in [0.29, 0.717) is 12.1 Å². The molecule has 1 saturated heterocycles. The number of nitrogens with zero attached hydrogens (tertiary/aromatic N) is 2. The van der Waals surface area contributed by atoms with Gasteiger partial charge >= 0.3 is 0 Å². The van der Waals surface area contributed by atoms with Crippen LogP contribution in [0.1, 0.15) is 17.9 Å². The highest BCUT2D eigenvalue weighted by molar-refractivity contribution is 6.45. The van der Waals surface area contributed by atoms with E-state index in [1.807, 2.05) is 10.9 Å². The topological polar surface area (TPSA) is 44.7 Å². The van der Waals surface area contributed by atoms with Crippen molar-refractivity contribution in [2.75, 3.05) is 6.54 Å². The number of terminal acetylenes is 1. The van der Waals surface area contributed by atoms with E-state index in [4.69, 9.17) is 6.42 Å². The van der Waals surface area contributed by atoms with Crippen molar-refractivity contribution in [3.8, 4) is 12.3 Å². The third kappa shape index (κ3) is 1.90. The van der Waals surface area contributed by atoms with Crippen LogP contribution in [-0.4, -0.2) is 29.3 Å². The Morgan fingerprint density at radius 1 is 1.53 bits per heavy atom. The van der Waals surface area contributed by atoms with E-state index in [-0.39, 0.29) is 23.7 Å². The second-order valence-corrected chi connectivity index (χ2v) is 4.59. The molecule has 1 aromatic carbocycles. The summed E-state index contributed by atoms with van der Waals surface area (Å²) in [5, 5.41) is 1.84. The average molecular weight is 257 g/mol. The van der Waals surface area contributed by atoms with Crippen LogP contribution in [0.3, 0.4) is 0 Å². The number of carbonyl (C=O) groups is 1. The van der Waals surface area contributed by atoms with Gasteiger partial charge in [0.1, 0.15) is 12.0 Å². The van der Waals surface area contributed by atoms with Crippen LogP contribution in [0.4, 0.5) is 4.39 Å². The first-order valence-electron chi connectivity index (χ1n) is 6.07. The number of fused-ring (bicyclic) bond motifs is 1. The van der Waals surface area contributed by atoms with Crippen molar-refractivity contribution in [1.29, 1.82) is 0 Å². The number of ketones is 1. The highest BCUT2D eigenvalue weighted by Gasteiger charge is 2.41. The maximum Gasteiger partial charge on any atom is 0.271 e. The predicted molar refractivity (Wildman–Crippen MR) is 68.7 cm³/mol. The van der Waals surface area contributed by atoms with Gasteiger partial charge in [-0.05, 0) is 24.0 Å². The van der Waals surface area contributed by atoms with Crippen molar-refractivity contribution in [3.63, 3.8) is 0 Å². The Balaban J connectivity index is 1.91. The average Bonchev–Trinajstić information content (AvgIpc) is 2.98. The van der Waals surface area contributed by atoms with E-state index >= 15 is 0 Å². The van der Waals surface area contributed by atoms with Gasteiger partial charge < -0.3 is 0 Å². The number of carbonyl (C=O) groups excluding carboxylic acids is 1. The number of benzene rings is 1. The molecule has 0 bridgehead atoms. The summed E-state index contributed by atoms with van der Waals surface area (Å²) in [4.78, 5) is 15.7. The summed E-state index contributed by atoms with van der Waals surface area (Å²) in [6.45, 7) is 0.703. The molecule has 2 aliphatic heterocycles. The van der Waals surface area contributed by atoms with E-state index < -0.39 is 5.78 Å². The second-order valence-electron chi connectivity index (χ2n) is 4.59. The summed E-state index contributed by atoms with van der Waals surface area (Å²) in [6.07, 6.45) is 5.60. The number of Topliss-reactive ketones (excluding diaryl/α,β-unsaturated/α-hetero) is 1. The van der Waals surface area contributed by atoms with Crippen molar-refractivity contribution in [3.05, 3.63) is 35.6 Å². The van der Waals surface area contributed by atoms with Gasteiger partial charge in [-0.3, -0.25) is 10.2 Å². The summed E-state index contributed by atoms with van der Waals surface area (Å²) in [5.74, 6) is 1.44. The highest BCUT2D eigenvalue weighted by Crippen LogP contribution is 2.36. The molecule has 2 atom stereocenters. The molecular weight excluding hydrogens is 245 g/mol. The predicted octanol–water partition coefficient (Wildman–Crippen LogP) is 1.06.